The molecule has 18 heavy (non-hydrogen) atoms. The van der Waals surface area contributed by atoms with Gasteiger partial charge in [0.15, 0.2) is 0 Å². The Morgan fingerprint density at radius 2 is 1.94 bits per heavy atom. The van der Waals surface area contributed by atoms with Crippen molar-refractivity contribution >= 4 is 11.7 Å². The van der Waals surface area contributed by atoms with Crippen LogP contribution in [-0.4, -0.2) is 10.9 Å². The Kier molecular flexibility index (Phi) is 2.93. The van der Waals surface area contributed by atoms with E-state index in [9.17, 15) is 4.79 Å². The Bertz CT molecular complexity index is 448. The van der Waals surface area contributed by atoms with Crippen LogP contribution in [0.5, 0.6) is 0 Å². The van der Waals surface area contributed by atoms with Gasteiger partial charge in [-0.1, -0.05) is 33.8 Å². The fraction of sp³-hybridized carbons (Fsp3) is 0.571. The molecule has 0 spiro atoms. The number of amides is 1. The van der Waals surface area contributed by atoms with Gasteiger partial charge in [-0.15, -0.1) is 0 Å². The lowest BCUT2D eigenvalue weighted by Gasteiger charge is -2.06. The zero-order valence-corrected chi connectivity index (χ0v) is 11.4. The highest BCUT2D eigenvalue weighted by atomic mass is 16.2. The molecule has 1 aliphatic rings. The zero-order valence-electron chi connectivity index (χ0n) is 11.4. The fourth-order valence-corrected chi connectivity index (χ4v) is 2.67. The molecule has 1 aromatic rings. The topological polar surface area (TPSA) is 68.0 Å². The lowest BCUT2D eigenvalue weighted by Crippen LogP contribution is -2.18. The molecule has 0 bridgehead atoms. The van der Waals surface area contributed by atoms with Crippen LogP contribution >= 0.6 is 0 Å². The molecule has 0 atom stereocenters. The molecule has 0 aromatic carbocycles. The van der Waals surface area contributed by atoms with E-state index < -0.39 is 0 Å². The van der Waals surface area contributed by atoms with Crippen LogP contribution in [0.25, 0.3) is 0 Å². The maximum atomic E-state index is 12.2. The van der Waals surface area contributed by atoms with Gasteiger partial charge in [0, 0.05) is 18.7 Å². The van der Waals surface area contributed by atoms with E-state index in [1.54, 1.807) is 12.3 Å². The predicted octanol–water partition coefficient (Wildman–Crippen LogP) is 2.16. The zero-order chi connectivity index (χ0) is 13.6. The molecule has 1 amide bonds. The number of carbonyl (C=O) groups is 1. The number of pyridine rings is 1. The molecule has 1 saturated carbocycles. The monoisotopic (exact) mass is 247 g/mol. The molecule has 1 heterocycles. The predicted molar refractivity (Wildman–Crippen MR) is 71.8 cm³/mol. The van der Waals surface area contributed by atoms with Crippen molar-refractivity contribution in [1.82, 2.24) is 4.98 Å². The Morgan fingerprint density at radius 3 is 2.33 bits per heavy atom. The van der Waals surface area contributed by atoms with Crippen LogP contribution in [0, 0.1) is 16.7 Å². The van der Waals surface area contributed by atoms with Gasteiger partial charge in [0.25, 0.3) is 0 Å². The summed E-state index contributed by atoms with van der Waals surface area (Å²) in [4.78, 5) is 16.4. The van der Waals surface area contributed by atoms with E-state index in [1.165, 1.54) is 0 Å². The summed E-state index contributed by atoms with van der Waals surface area (Å²) in [5, 5.41) is 2.88. The van der Waals surface area contributed by atoms with Gasteiger partial charge in [-0.25, -0.2) is 4.98 Å². The summed E-state index contributed by atoms with van der Waals surface area (Å²) in [6.45, 7) is 8.97. The highest BCUT2D eigenvalue weighted by molar-refractivity contribution is 5.95. The van der Waals surface area contributed by atoms with Crippen molar-refractivity contribution in [1.29, 1.82) is 0 Å². The van der Waals surface area contributed by atoms with Gasteiger partial charge in [-0.05, 0) is 22.5 Å². The average molecular weight is 247 g/mol. The number of hydrogen-bond donors (Lipinski definition) is 2. The van der Waals surface area contributed by atoms with Gasteiger partial charge in [-0.2, -0.15) is 0 Å². The lowest BCUT2D eigenvalue weighted by molar-refractivity contribution is -0.118. The molecule has 1 aliphatic carbocycles. The Labute approximate surface area is 108 Å². The van der Waals surface area contributed by atoms with Gasteiger partial charge in [0.05, 0.1) is 0 Å². The highest BCUT2D eigenvalue weighted by Gasteiger charge is 2.68. The Morgan fingerprint density at radius 1 is 1.33 bits per heavy atom. The van der Waals surface area contributed by atoms with E-state index in [-0.39, 0.29) is 22.7 Å². The summed E-state index contributed by atoms with van der Waals surface area (Å²) >= 11 is 0. The summed E-state index contributed by atoms with van der Waals surface area (Å²) < 4.78 is 0. The Hall–Kier alpha value is -1.42. The molecule has 1 aromatic heterocycles. The number of rotatable bonds is 3. The lowest BCUT2D eigenvalue weighted by atomic mass is 10.0. The number of hydrogen-bond acceptors (Lipinski definition) is 3. The molecule has 0 saturated heterocycles. The first-order chi connectivity index (χ1) is 8.30. The molecule has 0 aliphatic heterocycles. The number of nitrogens with one attached hydrogen (secondary N) is 1. The third kappa shape index (κ3) is 1.90. The summed E-state index contributed by atoms with van der Waals surface area (Å²) in [7, 11) is 0. The van der Waals surface area contributed by atoms with Crippen molar-refractivity contribution in [2.45, 2.75) is 34.2 Å². The van der Waals surface area contributed by atoms with E-state index in [4.69, 9.17) is 5.73 Å². The highest BCUT2D eigenvalue weighted by Crippen LogP contribution is 2.68. The van der Waals surface area contributed by atoms with Gasteiger partial charge in [0.2, 0.25) is 5.91 Å². The molecule has 4 heteroatoms. The molecule has 2 rings (SSSR count). The maximum Gasteiger partial charge on any atom is 0.229 e. The van der Waals surface area contributed by atoms with Crippen LogP contribution < -0.4 is 11.1 Å². The van der Waals surface area contributed by atoms with Crippen molar-refractivity contribution in [2.75, 3.05) is 5.32 Å². The van der Waals surface area contributed by atoms with Crippen molar-refractivity contribution < 1.29 is 4.79 Å². The van der Waals surface area contributed by atoms with E-state index in [2.05, 4.69) is 38.0 Å². The van der Waals surface area contributed by atoms with Crippen LogP contribution in [-0.2, 0) is 11.3 Å². The van der Waals surface area contributed by atoms with Gasteiger partial charge in [0.1, 0.15) is 5.82 Å². The SMILES string of the molecule is CC1(C)C(C(=O)Nc2ccc(CN)cn2)C1(C)C. The summed E-state index contributed by atoms with van der Waals surface area (Å²) in [5.41, 5.74) is 6.56. The standard InChI is InChI=1S/C14H21N3O/c1-13(2)11(14(13,3)4)12(18)17-10-6-5-9(7-15)8-16-10/h5-6,8,11H,7,15H2,1-4H3,(H,16,17,18). The smallest absolute Gasteiger partial charge is 0.229 e. The molecule has 3 N–H and O–H groups in total. The summed E-state index contributed by atoms with van der Waals surface area (Å²) in [5.74, 6) is 0.690. The minimum atomic E-state index is 0.0426. The second kappa shape index (κ2) is 4.05. The average Bonchev–Trinajstić information content (AvgIpc) is 2.70. The van der Waals surface area contributed by atoms with E-state index in [0.29, 0.717) is 12.4 Å². The van der Waals surface area contributed by atoms with E-state index >= 15 is 0 Å². The van der Waals surface area contributed by atoms with Crippen molar-refractivity contribution in [3.8, 4) is 0 Å². The van der Waals surface area contributed by atoms with Crippen molar-refractivity contribution in [3.05, 3.63) is 23.9 Å². The first kappa shape index (κ1) is 13.0. The number of aromatic nitrogens is 1. The number of carbonyl (C=O) groups excluding carboxylic acids is 1. The van der Waals surface area contributed by atoms with Gasteiger partial charge < -0.3 is 11.1 Å². The third-order valence-electron chi connectivity index (χ3n) is 4.59. The molecular weight excluding hydrogens is 226 g/mol. The van der Waals surface area contributed by atoms with E-state index in [1.807, 2.05) is 6.07 Å². The minimum Gasteiger partial charge on any atom is -0.326 e. The fourth-order valence-electron chi connectivity index (χ4n) is 2.67. The largest absolute Gasteiger partial charge is 0.326 e. The van der Waals surface area contributed by atoms with Crippen LogP contribution in [0.1, 0.15) is 33.3 Å². The minimum absolute atomic E-state index is 0.0426. The first-order valence-corrected chi connectivity index (χ1v) is 6.26. The third-order valence-corrected chi connectivity index (χ3v) is 4.59. The number of nitrogens with zero attached hydrogens (tertiary/aromatic N) is 1. The second-order valence-corrected chi connectivity index (χ2v) is 6.12. The quantitative estimate of drug-likeness (QED) is 0.860. The molecule has 1 fully saturated rings. The van der Waals surface area contributed by atoms with Crippen LogP contribution in [0.15, 0.2) is 18.3 Å². The first-order valence-electron chi connectivity index (χ1n) is 6.26. The molecule has 0 radical (unpaired) electrons. The molecule has 4 nitrogen and oxygen atoms in total. The van der Waals surface area contributed by atoms with Crippen molar-refractivity contribution in [2.24, 2.45) is 22.5 Å². The van der Waals surface area contributed by atoms with Crippen LogP contribution in [0.4, 0.5) is 5.82 Å². The molecule has 98 valence electrons. The van der Waals surface area contributed by atoms with Crippen molar-refractivity contribution in [3.63, 3.8) is 0 Å². The normalized spacial score (nSPS) is 20.5. The van der Waals surface area contributed by atoms with Gasteiger partial charge in [-0.3, -0.25) is 4.79 Å². The van der Waals surface area contributed by atoms with Crippen LogP contribution in [0.2, 0.25) is 0 Å². The Balaban J connectivity index is 2.05. The van der Waals surface area contributed by atoms with Crippen LogP contribution in [0.3, 0.4) is 0 Å². The van der Waals surface area contributed by atoms with Gasteiger partial charge >= 0.3 is 0 Å². The maximum absolute atomic E-state index is 12.2. The number of anilines is 1. The summed E-state index contributed by atoms with van der Waals surface area (Å²) in [6.07, 6.45) is 1.69. The second-order valence-electron chi connectivity index (χ2n) is 6.12. The molecule has 0 unspecified atom stereocenters. The van der Waals surface area contributed by atoms with E-state index in [0.717, 1.165) is 5.56 Å². The number of nitrogens with two attached hydrogens (primary N) is 1. The molecular formula is C14H21N3O. The summed E-state index contributed by atoms with van der Waals surface area (Å²) in [6, 6.07) is 3.67.